The van der Waals surface area contributed by atoms with Crippen LogP contribution in [0.25, 0.3) is 0 Å². The van der Waals surface area contributed by atoms with Crippen LogP contribution in [-0.4, -0.2) is 36.7 Å². The number of thiocarbonyl (C=S) groups is 1. The van der Waals surface area contributed by atoms with Crippen LogP contribution in [0, 0.1) is 19.8 Å². The summed E-state index contributed by atoms with van der Waals surface area (Å²) in [7, 11) is 2.19. The van der Waals surface area contributed by atoms with Crippen molar-refractivity contribution in [3.63, 3.8) is 0 Å². The van der Waals surface area contributed by atoms with E-state index in [1.807, 2.05) is 0 Å². The Balaban J connectivity index is 1.82. The van der Waals surface area contributed by atoms with Crippen molar-refractivity contribution >= 4 is 23.0 Å². The monoisotopic (exact) mass is 291 g/mol. The molecule has 0 saturated carbocycles. The molecular weight excluding hydrogens is 266 g/mol. The van der Waals surface area contributed by atoms with Crippen molar-refractivity contribution in [2.75, 3.05) is 32.0 Å². The number of aryl methyl sites for hydroxylation is 1. The van der Waals surface area contributed by atoms with Crippen LogP contribution in [0.3, 0.4) is 0 Å². The molecule has 1 saturated heterocycles. The summed E-state index contributed by atoms with van der Waals surface area (Å²) < 4.78 is 0. The van der Waals surface area contributed by atoms with Crippen molar-refractivity contribution in [3.05, 3.63) is 29.3 Å². The fourth-order valence-electron chi connectivity index (χ4n) is 2.73. The molecule has 3 nitrogen and oxygen atoms in total. The summed E-state index contributed by atoms with van der Waals surface area (Å²) in [6.45, 7) is 7.59. The van der Waals surface area contributed by atoms with Gasteiger partial charge in [-0.1, -0.05) is 12.1 Å². The molecule has 4 heteroatoms. The van der Waals surface area contributed by atoms with Crippen molar-refractivity contribution < 1.29 is 0 Å². The van der Waals surface area contributed by atoms with Gasteiger partial charge in [-0.3, -0.25) is 0 Å². The molecule has 1 aromatic rings. The Morgan fingerprint density at radius 3 is 2.95 bits per heavy atom. The van der Waals surface area contributed by atoms with Gasteiger partial charge in [0.1, 0.15) is 0 Å². The number of benzene rings is 1. The van der Waals surface area contributed by atoms with Crippen LogP contribution >= 0.6 is 12.2 Å². The molecule has 0 radical (unpaired) electrons. The lowest BCUT2D eigenvalue weighted by atomic mass is 9.99. The average Bonchev–Trinajstić information content (AvgIpc) is 2.42. The molecule has 1 heterocycles. The SMILES string of the molecule is Cc1cccc(NC(=S)NCC2CCCN(C)C2)c1C. The number of anilines is 1. The van der Waals surface area contributed by atoms with E-state index in [9.17, 15) is 0 Å². The third kappa shape index (κ3) is 4.18. The maximum absolute atomic E-state index is 5.40. The van der Waals surface area contributed by atoms with Gasteiger partial charge < -0.3 is 15.5 Å². The number of nitrogens with one attached hydrogen (secondary N) is 2. The van der Waals surface area contributed by atoms with Gasteiger partial charge in [0.15, 0.2) is 5.11 Å². The number of likely N-dealkylation sites (tertiary alicyclic amines) is 1. The van der Waals surface area contributed by atoms with Crippen LogP contribution in [0.5, 0.6) is 0 Å². The zero-order chi connectivity index (χ0) is 14.5. The number of hydrogen-bond acceptors (Lipinski definition) is 2. The molecule has 2 N–H and O–H groups in total. The molecule has 1 aliphatic rings. The van der Waals surface area contributed by atoms with Crippen LogP contribution in [0.4, 0.5) is 5.69 Å². The minimum Gasteiger partial charge on any atom is -0.362 e. The summed E-state index contributed by atoms with van der Waals surface area (Å²) in [6, 6.07) is 6.25. The first-order valence-electron chi connectivity index (χ1n) is 7.36. The summed E-state index contributed by atoms with van der Waals surface area (Å²) in [5, 5.41) is 7.40. The predicted octanol–water partition coefficient (Wildman–Crippen LogP) is 2.93. The summed E-state index contributed by atoms with van der Waals surface area (Å²) in [5.41, 5.74) is 3.64. The van der Waals surface area contributed by atoms with Gasteiger partial charge in [0.05, 0.1) is 0 Å². The quantitative estimate of drug-likeness (QED) is 0.837. The lowest BCUT2D eigenvalue weighted by Gasteiger charge is -2.30. The lowest BCUT2D eigenvalue weighted by molar-refractivity contribution is 0.211. The molecule has 1 aromatic carbocycles. The topological polar surface area (TPSA) is 27.3 Å². The minimum atomic E-state index is 0.701. The number of hydrogen-bond donors (Lipinski definition) is 2. The average molecular weight is 291 g/mol. The number of piperidine rings is 1. The Kier molecular flexibility index (Phi) is 5.38. The van der Waals surface area contributed by atoms with Gasteiger partial charge in [-0.05, 0) is 75.6 Å². The molecule has 1 aliphatic heterocycles. The van der Waals surface area contributed by atoms with E-state index in [1.54, 1.807) is 0 Å². The Labute approximate surface area is 127 Å². The van der Waals surface area contributed by atoms with Gasteiger partial charge in [-0.25, -0.2) is 0 Å². The maximum Gasteiger partial charge on any atom is 0.170 e. The second-order valence-corrected chi connectivity index (χ2v) is 6.26. The molecule has 110 valence electrons. The van der Waals surface area contributed by atoms with Gasteiger partial charge in [-0.2, -0.15) is 0 Å². The molecule has 0 aromatic heterocycles. The van der Waals surface area contributed by atoms with E-state index in [1.165, 1.54) is 37.1 Å². The van der Waals surface area contributed by atoms with E-state index in [4.69, 9.17) is 12.2 Å². The van der Waals surface area contributed by atoms with Crippen molar-refractivity contribution in [3.8, 4) is 0 Å². The number of nitrogens with zero attached hydrogens (tertiary/aromatic N) is 1. The molecule has 1 unspecified atom stereocenters. The second kappa shape index (κ2) is 7.04. The third-order valence-electron chi connectivity index (χ3n) is 4.13. The maximum atomic E-state index is 5.40. The van der Waals surface area contributed by atoms with Crippen LogP contribution in [-0.2, 0) is 0 Å². The van der Waals surface area contributed by atoms with E-state index in [0.717, 1.165) is 17.3 Å². The van der Waals surface area contributed by atoms with Gasteiger partial charge in [0, 0.05) is 18.8 Å². The van der Waals surface area contributed by atoms with Crippen molar-refractivity contribution in [1.29, 1.82) is 0 Å². The standard InChI is InChI=1S/C16H25N3S/c1-12-6-4-8-15(13(12)2)18-16(20)17-10-14-7-5-9-19(3)11-14/h4,6,8,14H,5,7,9-11H2,1-3H3,(H2,17,18,20). The largest absolute Gasteiger partial charge is 0.362 e. The molecular formula is C16H25N3S. The van der Waals surface area contributed by atoms with Crippen LogP contribution < -0.4 is 10.6 Å². The van der Waals surface area contributed by atoms with E-state index in [0.29, 0.717) is 5.92 Å². The van der Waals surface area contributed by atoms with Crippen molar-refractivity contribution in [2.24, 2.45) is 5.92 Å². The van der Waals surface area contributed by atoms with Gasteiger partial charge in [0.25, 0.3) is 0 Å². The Morgan fingerprint density at radius 1 is 1.40 bits per heavy atom. The predicted molar refractivity (Wildman–Crippen MR) is 90.4 cm³/mol. The van der Waals surface area contributed by atoms with E-state index < -0.39 is 0 Å². The van der Waals surface area contributed by atoms with E-state index in [-0.39, 0.29) is 0 Å². The molecule has 0 amide bonds. The molecule has 2 rings (SSSR count). The Hall–Kier alpha value is -1.13. The van der Waals surface area contributed by atoms with Gasteiger partial charge >= 0.3 is 0 Å². The lowest BCUT2D eigenvalue weighted by Crippen LogP contribution is -2.40. The zero-order valence-electron chi connectivity index (χ0n) is 12.7. The van der Waals surface area contributed by atoms with Crippen LogP contribution in [0.1, 0.15) is 24.0 Å². The molecule has 20 heavy (non-hydrogen) atoms. The van der Waals surface area contributed by atoms with Crippen molar-refractivity contribution in [2.45, 2.75) is 26.7 Å². The first-order valence-corrected chi connectivity index (χ1v) is 7.76. The molecule has 1 fully saturated rings. The summed E-state index contributed by atoms with van der Waals surface area (Å²) in [4.78, 5) is 2.40. The van der Waals surface area contributed by atoms with E-state index in [2.05, 4.69) is 54.6 Å². The zero-order valence-corrected chi connectivity index (χ0v) is 13.5. The normalized spacial score (nSPS) is 19.6. The summed E-state index contributed by atoms with van der Waals surface area (Å²) in [5.74, 6) is 0.701. The molecule has 1 atom stereocenters. The smallest absolute Gasteiger partial charge is 0.170 e. The Bertz CT molecular complexity index is 473. The highest BCUT2D eigenvalue weighted by Gasteiger charge is 2.17. The minimum absolute atomic E-state index is 0.701. The summed E-state index contributed by atoms with van der Waals surface area (Å²) in [6.07, 6.45) is 2.59. The number of rotatable bonds is 3. The van der Waals surface area contributed by atoms with Crippen molar-refractivity contribution in [1.82, 2.24) is 10.2 Å². The van der Waals surface area contributed by atoms with Gasteiger partial charge in [-0.15, -0.1) is 0 Å². The van der Waals surface area contributed by atoms with Crippen LogP contribution in [0.15, 0.2) is 18.2 Å². The highest BCUT2D eigenvalue weighted by atomic mass is 32.1. The van der Waals surface area contributed by atoms with Crippen LogP contribution in [0.2, 0.25) is 0 Å². The fraction of sp³-hybridized carbons (Fsp3) is 0.562. The molecule has 0 spiro atoms. The highest BCUT2D eigenvalue weighted by Crippen LogP contribution is 2.18. The highest BCUT2D eigenvalue weighted by molar-refractivity contribution is 7.80. The summed E-state index contributed by atoms with van der Waals surface area (Å²) >= 11 is 5.40. The first kappa shape index (κ1) is 15.3. The Morgan fingerprint density at radius 2 is 2.20 bits per heavy atom. The molecule has 0 bridgehead atoms. The first-order chi connectivity index (χ1) is 9.56. The molecule has 0 aliphatic carbocycles. The fourth-order valence-corrected chi connectivity index (χ4v) is 2.92. The third-order valence-corrected chi connectivity index (χ3v) is 4.37. The van der Waals surface area contributed by atoms with Gasteiger partial charge in [0.2, 0.25) is 0 Å². The van der Waals surface area contributed by atoms with E-state index >= 15 is 0 Å². The second-order valence-electron chi connectivity index (χ2n) is 5.85.